The first-order valence-corrected chi connectivity index (χ1v) is 2.97. The van der Waals surface area contributed by atoms with Crippen LogP contribution in [0, 0.1) is 5.92 Å². The highest BCUT2D eigenvalue weighted by Gasteiger charge is 2.23. The molecule has 3 nitrogen and oxygen atoms in total. The highest BCUT2D eigenvalue weighted by atomic mass is 16.2. The first-order valence-electron chi connectivity index (χ1n) is 2.97. The molecule has 0 spiro atoms. The van der Waals surface area contributed by atoms with Crippen molar-refractivity contribution in [3.8, 4) is 0 Å². The van der Waals surface area contributed by atoms with Crippen LogP contribution in [0.1, 0.15) is 13.3 Å². The Bertz CT molecular complexity index is 102. The third-order valence-electron chi connectivity index (χ3n) is 1.70. The van der Waals surface area contributed by atoms with E-state index in [1.807, 2.05) is 14.0 Å². The van der Waals surface area contributed by atoms with Crippen molar-refractivity contribution in [3.05, 3.63) is 0 Å². The second-order valence-corrected chi connectivity index (χ2v) is 2.45. The van der Waals surface area contributed by atoms with Crippen LogP contribution in [0.25, 0.3) is 0 Å². The second-order valence-electron chi connectivity index (χ2n) is 2.45. The zero-order valence-electron chi connectivity index (χ0n) is 5.85. The molecule has 54 valence electrons. The van der Waals surface area contributed by atoms with Crippen molar-refractivity contribution in [1.82, 2.24) is 4.90 Å². The van der Waals surface area contributed by atoms with Gasteiger partial charge in [0.15, 0.2) is 0 Å². The molecule has 1 atom stereocenters. The first kappa shape index (κ1) is 8.43. The molecule has 3 heteroatoms. The summed E-state index contributed by atoms with van der Waals surface area (Å²) in [5, 5.41) is 0. The fourth-order valence-electron chi connectivity index (χ4n) is 0.997. The first-order chi connectivity index (χ1) is 3.72. The molecule has 1 aliphatic rings. The molecule has 0 aromatic heterocycles. The van der Waals surface area contributed by atoms with Crippen LogP contribution in [0.4, 0.5) is 0 Å². The third-order valence-corrected chi connectivity index (χ3v) is 1.70. The largest absolute Gasteiger partial charge is 0.412 e. The minimum absolute atomic E-state index is 0. The van der Waals surface area contributed by atoms with Crippen LogP contribution in [0.5, 0.6) is 0 Å². The lowest BCUT2D eigenvalue weighted by Gasteiger charge is -2.05. The Balaban J connectivity index is 0.000000640. The average Bonchev–Trinajstić information content (AvgIpc) is 1.98. The van der Waals surface area contributed by atoms with Crippen molar-refractivity contribution in [1.29, 1.82) is 0 Å². The molecule has 0 radical (unpaired) electrons. The van der Waals surface area contributed by atoms with Crippen molar-refractivity contribution in [2.75, 3.05) is 13.6 Å². The molecule has 0 aromatic carbocycles. The summed E-state index contributed by atoms with van der Waals surface area (Å²) in [6.07, 6.45) is 1.04. The molecule has 0 aliphatic carbocycles. The van der Waals surface area contributed by atoms with Gasteiger partial charge in [0.1, 0.15) is 0 Å². The predicted octanol–water partition coefficient (Wildman–Crippen LogP) is -0.340. The van der Waals surface area contributed by atoms with Crippen LogP contribution < -0.4 is 0 Å². The van der Waals surface area contributed by atoms with Gasteiger partial charge in [0.2, 0.25) is 5.91 Å². The number of hydrogen-bond acceptors (Lipinski definition) is 1. The fourth-order valence-corrected chi connectivity index (χ4v) is 0.997. The van der Waals surface area contributed by atoms with Gasteiger partial charge in [-0.15, -0.1) is 0 Å². The van der Waals surface area contributed by atoms with E-state index in [-0.39, 0.29) is 11.4 Å². The molecule has 1 rings (SSSR count). The van der Waals surface area contributed by atoms with Gasteiger partial charge in [-0.2, -0.15) is 0 Å². The van der Waals surface area contributed by atoms with Gasteiger partial charge in [0.25, 0.3) is 0 Å². The lowest BCUT2D eigenvalue weighted by atomic mass is 10.1. The Labute approximate surface area is 55.0 Å². The van der Waals surface area contributed by atoms with Gasteiger partial charge >= 0.3 is 0 Å². The molecular weight excluding hydrogens is 118 g/mol. The van der Waals surface area contributed by atoms with E-state index in [4.69, 9.17) is 0 Å². The van der Waals surface area contributed by atoms with Crippen molar-refractivity contribution < 1.29 is 10.3 Å². The molecule has 1 saturated heterocycles. The minimum atomic E-state index is 0. The summed E-state index contributed by atoms with van der Waals surface area (Å²) in [4.78, 5) is 12.6. The van der Waals surface area contributed by atoms with E-state index in [1.165, 1.54) is 0 Å². The van der Waals surface area contributed by atoms with Gasteiger partial charge < -0.3 is 10.4 Å². The molecule has 9 heavy (non-hydrogen) atoms. The number of amides is 1. The Morgan fingerprint density at radius 1 is 1.67 bits per heavy atom. The number of carbonyl (C=O) groups is 1. The quantitative estimate of drug-likeness (QED) is 0.443. The highest BCUT2D eigenvalue weighted by Crippen LogP contribution is 2.13. The smallest absolute Gasteiger partial charge is 0.225 e. The predicted molar refractivity (Wildman–Crippen MR) is 35.0 cm³/mol. The molecule has 0 bridgehead atoms. The van der Waals surface area contributed by atoms with Gasteiger partial charge in [0.05, 0.1) is 0 Å². The highest BCUT2D eigenvalue weighted by molar-refractivity contribution is 5.80. The Kier molecular flexibility index (Phi) is 2.65. The second kappa shape index (κ2) is 2.82. The summed E-state index contributed by atoms with van der Waals surface area (Å²) in [5.74, 6) is 0.574. The maximum absolute atomic E-state index is 10.8. The Morgan fingerprint density at radius 3 is 2.33 bits per heavy atom. The molecule has 1 unspecified atom stereocenters. The van der Waals surface area contributed by atoms with E-state index in [9.17, 15) is 4.79 Å². The van der Waals surface area contributed by atoms with Gasteiger partial charge in [-0.1, -0.05) is 6.92 Å². The standard InChI is InChI=1S/C6H11NO.H2O/c1-5-3-4-7(2)6(5)8;/h5H,3-4H2,1-2H3;1H2. The number of rotatable bonds is 0. The van der Waals surface area contributed by atoms with E-state index in [0.717, 1.165) is 13.0 Å². The van der Waals surface area contributed by atoms with Gasteiger partial charge in [0, 0.05) is 19.5 Å². The van der Waals surface area contributed by atoms with Crippen molar-refractivity contribution in [2.24, 2.45) is 5.92 Å². The summed E-state index contributed by atoms with van der Waals surface area (Å²) in [6.45, 7) is 2.92. The number of nitrogens with zero attached hydrogens (tertiary/aromatic N) is 1. The van der Waals surface area contributed by atoms with Crippen molar-refractivity contribution in [3.63, 3.8) is 0 Å². The van der Waals surface area contributed by atoms with Crippen molar-refractivity contribution in [2.45, 2.75) is 13.3 Å². The normalized spacial score (nSPS) is 26.2. The van der Waals surface area contributed by atoms with Crippen LogP contribution in [-0.4, -0.2) is 29.9 Å². The molecule has 2 N–H and O–H groups in total. The van der Waals surface area contributed by atoms with E-state index in [2.05, 4.69) is 0 Å². The van der Waals surface area contributed by atoms with Gasteiger partial charge in [-0.05, 0) is 6.42 Å². The Morgan fingerprint density at radius 2 is 2.22 bits per heavy atom. The maximum Gasteiger partial charge on any atom is 0.225 e. The average molecular weight is 131 g/mol. The van der Waals surface area contributed by atoms with Crippen LogP contribution >= 0.6 is 0 Å². The zero-order valence-corrected chi connectivity index (χ0v) is 5.85. The maximum atomic E-state index is 10.8. The molecule has 0 aromatic rings. The topological polar surface area (TPSA) is 51.8 Å². The van der Waals surface area contributed by atoms with E-state index >= 15 is 0 Å². The lowest BCUT2D eigenvalue weighted by molar-refractivity contribution is -0.129. The number of likely N-dealkylation sites (tertiary alicyclic amines) is 1. The van der Waals surface area contributed by atoms with Gasteiger partial charge in [-0.25, -0.2) is 0 Å². The minimum Gasteiger partial charge on any atom is -0.412 e. The summed E-state index contributed by atoms with van der Waals surface area (Å²) in [6, 6.07) is 0. The molecular formula is C6H13NO2. The van der Waals surface area contributed by atoms with Crippen LogP contribution in [0.2, 0.25) is 0 Å². The SMILES string of the molecule is CC1CCN(C)C1=O.O. The van der Waals surface area contributed by atoms with E-state index < -0.39 is 0 Å². The van der Waals surface area contributed by atoms with E-state index in [1.54, 1.807) is 4.90 Å². The monoisotopic (exact) mass is 131 g/mol. The summed E-state index contributed by atoms with van der Waals surface area (Å²) >= 11 is 0. The number of carbonyl (C=O) groups excluding carboxylic acids is 1. The molecule has 1 heterocycles. The number of hydrogen-bond donors (Lipinski definition) is 0. The molecule has 1 aliphatic heterocycles. The lowest BCUT2D eigenvalue weighted by Crippen LogP contribution is -2.21. The molecule has 1 fully saturated rings. The summed E-state index contributed by atoms with van der Waals surface area (Å²) in [5.41, 5.74) is 0. The summed E-state index contributed by atoms with van der Waals surface area (Å²) < 4.78 is 0. The fraction of sp³-hybridized carbons (Fsp3) is 0.833. The zero-order chi connectivity index (χ0) is 6.15. The van der Waals surface area contributed by atoms with E-state index in [0.29, 0.717) is 5.91 Å². The third kappa shape index (κ3) is 1.42. The molecule has 1 amide bonds. The summed E-state index contributed by atoms with van der Waals surface area (Å²) in [7, 11) is 1.85. The van der Waals surface area contributed by atoms with Crippen LogP contribution in [0.3, 0.4) is 0 Å². The van der Waals surface area contributed by atoms with Crippen molar-refractivity contribution >= 4 is 5.91 Å². The van der Waals surface area contributed by atoms with Crippen LogP contribution in [-0.2, 0) is 4.79 Å². The Hall–Kier alpha value is -0.570. The molecule has 0 saturated carbocycles. The van der Waals surface area contributed by atoms with Gasteiger partial charge in [-0.3, -0.25) is 4.79 Å². The van der Waals surface area contributed by atoms with Crippen LogP contribution in [0.15, 0.2) is 0 Å².